The fourth-order valence-electron chi connectivity index (χ4n) is 3.09. The quantitative estimate of drug-likeness (QED) is 0.512. The lowest BCUT2D eigenvalue weighted by Gasteiger charge is -2.19. The van der Waals surface area contributed by atoms with Crippen LogP contribution in [0.4, 0.5) is 10.6 Å². The highest BCUT2D eigenvalue weighted by Crippen LogP contribution is 2.22. The molecule has 0 unspecified atom stereocenters. The number of urea groups is 1. The van der Waals surface area contributed by atoms with Crippen molar-refractivity contribution in [1.82, 2.24) is 25.3 Å². The molecule has 3 aromatic rings. The van der Waals surface area contributed by atoms with Crippen LogP contribution < -0.4 is 9.62 Å². The van der Waals surface area contributed by atoms with Gasteiger partial charge >= 0.3 is 6.03 Å². The highest BCUT2D eigenvalue weighted by Gasteiger charge is 2.21. The number of nitrogens with one attached hydrogen (secondary N) is 1. The van der Waals surface area contributed by atoms with Crippen molar-refractivity contribution in [1.29, 1.82) is 0 Å². The maximum atomic E-state index is 12.4. The van der Waals surface area contributed by atoms with E-state index in [0.29, 0.717) is 33.5 Å². The lowest BCUT2D eigenvalue weighted by atomic mass is 10.2. The Hall–Kier alpha value is -2.45. The summed E-state index contributed by atoms with van der Waals surface area (Å²) in [7, 11) is 0. The first kappa shape index (κ1) is 17.9. The van der Waals surface area contributed by atoms with Crippen LogP contribution in [-0.2, 0) is 0 Å². The fraction of sp³-hybridized carbons (Fsp3) is 0.278. The zero-order valence-electron chi connectivity index (χ0n) is 14.3. The number of thiol groups is 1. The molecule has 0 spiro atoms. The molecule has 1 N–H and O–H groups in total. The van der Waals surface area contributed by atoms with Gasteiger partial charge in [0.2, 0.25) is 0 Å². The minimum Gasteiger partial charge on any atom is -0.334 e. The van der Waals surface area contributed by atoms with Crippen molar-refractivity contribution < 1.29 is 4.79 Å². The number of aromatic nitrogens is 4. The molecule has 27 heavy (non-hydrogen) atoms. The second-order valence-corrected chi connectivity index (χ2v) is 7.14. The van der Waals surface area contributed by atoms with Gasteiger partial charge in [0.15, 0.2) is 5.65 Å². The molecule has 138 valence electrons. The predicted molar refractivity (Wildman–Crippen MR) is 108 cm³/mol. The van der Waals surface area contributed by atoms with Gasteiger partial charge in [-0.15, -0.1) is 0 Å². The Morgan fingerprint density at radius 1 is 1.11 bits per heavy atom. The normalized spacial score (nSPS) is 14.4. The van der Waals surface area contributed by atoms with Crippen LogP contribution in [-0.4, -0.2) is 32.0 Å². The van der Waals surface area contributed by atoms with Crippen LogP contribution in [0.25, 0.3) is 22.6 Å². The molecule has 2 amide bonds. The van der Waals surface area contributed by atoms with E-state index in [0.717, 1.165) is 25.7 Å². The molecule has 7 nitrogen and oxygen atoms in total. The van der Waals surface area contributed by atoms with Gasteiger partial charge in [-0.25, -0.2) is 24.1 Å². The van der Waals surface area contributed by atoms with E-state index in [1.807, 2.05) is 0 Å². The van der Waals surface area contributed by atoms with Gasteiger partial charge in [-0.2, -0.15) is 0 Å². The Morgan fingerprint density at radius 3 is 2.70 bits per heavy atom. The first-order valence-electron chi connectivity index (χ1n) is 8.66. The number of carbonyl (C=O) groups is 1. The Balaban J connectivity index is 1.61. The fourth-order valence-corrected chi connectivity index (χ4v) is 3.42. The molecular formula is C18H17ClN6OS. The molecule has 4 rings (SSSR count). The largest absolute Gasteiger partial charge is 0.334 e. The molecule has 0 atom stereocenters. The molecule has 0 saturated heterocycles. The van der Waals surface area contributed by atoms with Gasteiger partial charge in [0.1, 0.15) is 22.2 Å². The molecule has 0 bridgehead atoms. The van der Waals surface area contributed by atoms with Crippen LogP contribution in [0, 0.1) is 0 Å². The maximum Gasteiger partial charge on any atom is 0.333 e. The molecule has 0 radical (unpaired) electrons. The lowest BCUT2D eigenvalue weighted by Crippen LogP contribution is -2.40. The second-order valence-electron chi connectivity index (χ2n) is 6.36. The monoisotopic (exact) mass is 400 g/mol. The molecule has 1 saturated carbocycles. The minimum atomic E-state index is -0.294. The number of hydrogen-bond acceptors (Lipinski definition) is 6. The third-order valence-electron chi connectivity index (χ3n) is 4.46. The summed E-state index contributed by atoms with van der Waals surface area (Å²) in [5.74, 6) is 0.381. The van der Waals surface area contributed by atoms with Crippen molar-refractivity contribution >= 4 is 47.4 Å². The van der Waals surface area contributed by atoms with E-state index in [-0.39, 0.29) is 12.1 Å². The molecule has 1 aliphatic carbocycles. The highest BCUT2D eigenvalue weighted by molar-refractivity contribution is 7.82. The summed E-state index contributed by atoms with van der Waals surface area (Å²) < 4.78 is 1.20. The smallest absolute Gasteiger partial charge is 0.333 e. The number of anilines is 1. The van der Waals surface area contributed by atoms with E-state index in [2.05, 4.69) is 38.1 Å². The van der Waals surface area contributed by atoms with Crippen molar-refractivity contribution in [3.05, 3.63) is 41.7 Å². The summed E-state index contributed by atoms with van der Waals surface area (Å²) in [4.78, 5) is 29.9. The minimum absolute atomic E-state index is 0.202. The summed E-state index contributed by atoms with van der Waals surface area (Å²) >= 11 is 10.3. The van der Waals surface area contributed by atoms with Crippen LogP contribution >= 0.6 is 24.4 Å². The molecule has 3 aromatic heterocycles. The molecule has 0 aliphatic heterocycles. The van der Waals surface area contributed by atoms with E-state index in [4.69, 9.17) is 11.6 Å². The number of amides is 2. The number of hydrogen-bond donors (Lipinski definition) is 2. The van der Waals surface area contributed by atoms with E-state index in [1.165, 1.54) is 4.31 Å². The van der Waals surface area contributed by atoms with Crippen LogP contribution in [0.2, 0.25) is 5.15 Å². The Bertz CT molecular complexity index is 995. The van der Waals surface area contributed by atoms with Crippen molar-refractivity contribution in [2.75, 3.05) is 4.31 Å². The standard InChI is InChI=1S/C18H17ClN6OS/c19-15-7-3-6-12(22-15)14-10-20-13-8-9-16(24-17(13)23-14)25(27)18(26)21-11-4-1-2-5-11/h3,6-11,27H,1-2,4-5H2,(H,21,26). The second kappa shape index (κ2) is 7.66. The van der Waals surface area contributed by atoms with Gasteiger partial charge in [0.05, 0.1) is 11.9 Å². The molecular weight excluding hydrogens is 384 g/mol. The number of carbonyl (C=O) groups excluding carboxylic acids is 1. The summed E-state index contributed by atoms with van der Waals surface area (Å²) in [6.07, 6.45) is 5.90. The van der Waals surface area contributed by atoms with E-state index in [1.54, 1.807) is 36.5 Å². The summed E-state index contributed by atoms with van der Waals surface area (Å²) in [6.45, 7) is 0. The number of halogens is 1. The van der Waals surface area contributed by atoms with Crippen LogP contribution in [0.15, 0.2) is 36.5 Å². The van der Waals surface area contributed by atoms with Crippen molar-refractivity contribution in [2.45, 2.75) is 31.7 Å². The highest BCUT2D eigenvalue weighted by atomic mass is 35.5. The number of rotatable bonds is 3. The summed E-state index contributed by atoms with van der Waals surface area (Å²) in [5.41, 5.74) is 2.17. The first-order valence-corrected chi connectivity index (χ1v) is 9.44. The van der Waals surface area contributed by atoms with Crippen molar-refractivity contribution in [3.63, 3.8) is 0 Å². The molecule has 9 heteroatoms. The van der Waals surface area contributed by atoms with Crippen LogP contribution in [0.1, 0.15) is 25.7 Å². The van der Waals surface area contributed by atoms with E-state index >= 15 is 0 Å². The molecule has 1 fully saturated rings. The number of nitrogens with zero attached hydrogens (tertiary/aromatic N) is 5. The first-order chi connectivity index (χ1) is 13.1. The van der Waals surface area contributed by atoms with Crippen molar-refractivity contribution in [2.24, 2.45) is 0 Å². The third kappa shape index (κ3) is 3.96. The number of fused-ring (bicyclic) bond motifs is 1. The Morgan fingerprint density at radius 2 is 1.93 bits per heavy atom. The summed E-state index contributed by atoms with van der Waals surface area (Å²) in [6, 6.07) is 8.64. The maximum absolute atomic E-state index is 12.4. The van der Waals surface area contributed by atoms with Gasteiger partial charge in [-0.05, 0) is 37.1 Å². The van der Waals surface area contributed by atoms with E-state index < -0.39 is 0 Å². The Kier molecular flexibility index (Phi) is 5.09. The zero-order valence-corrected chi connectivity index (χ0v) is 16.0. The Labute approximate surface area is 166 Å². The van der Waals surface area contributed by atoms with Crippen molar-refractivity contribution in [3.8, 4) is 11.4 Å². The topological polar surface area (TPSA) is 83.9 Å². The molecule has 0 aromatic carbocycles. The third-order valence-corrected chi connectivity index (χ3v) is 5.06. The van der Waals surface area contributed by atoms with Gasteiger partial charge in [-0.3, -0.25) is 4.98 Å². The average Bonchev–Trinajstić information content (AvgIpc) is 3.19. The molecule has 1 aliphatic rings. The number of pyridine rings is 2. The van der Waals surface area contributed by atoms with Crippen LogP contribution in [0.5, 0.6) is 0 Å². The van der Waals surface area contributed by atoms with Gasteiger partial charge in [0, 0.05) is 6.04 Å². The van der Waals surface area contributed by atoms with Gasteiger partial charge < -0.3 is 5.32 Å². The van der Waals surface area contributed by atoms with E-state index in [9.17, 15) is 4.79 Å². The molecule has 3 heterocycles. The SMILES string of the molecule is O=C(NC1CCCC1)N(S)c1ccc2ncc(-c3cccc(Cl)n3)nc2n1. The predicted octanol–water partition coefficient (Wildman–Crippen LogP) is 4.04. The zero-order chi connectivity index (χ0) is 18.8. The summed E-state index contributed by atoms with van der Waals surface area (Å²) in [5, 5.41) is 3.35. The average molecular weight is 401 g/mol. The van der Waals surface area contributed by atoms with Gasteiger partial charge in [0.25, 0.3) is 0 Å². The van der Waals surface area contributed by atoms with Crippen LogP contribution in [0.3, 0.4) is 0 Å². The van der Waals surface area contributed by atoms with Gasteiger partial charge in [-0.1, -0.05) is 43.3 Å². The lowest BCUT2D eigenvalue weighted by molar-refractivity contribution is 0.246.